The minimum absolute atomic E-state index is 0.169. The molecule has 2 N–H and O–H groups in total. The van der Waals surface area contributed by atoms with Gasteiger partial charge < -0.3 is 10.6 Å². The van der Waals surface area contributed by atoms with Crippen LogP contribution in [0.15, 0.2) is 24.3 Å². The highest BCUT2D eigenvalue weighted by atomic mass is 19.1. The van der Waals surface area contributed by atoms with Gasteiger partial charge in [-0.3, -0.25) is 0 Å². The van der Waals surface area contributed by atoms with E-state index in [0.717, 1.165) is 19.5 Å². The largest absolute Gasteiger partial charge is 0.313 e. The molecule has 1 atom stereocenters. The number of hydrogen-bond acceptors (Lipinski definition) is 2. The normalized spacial score (nSPS) is 13.6. The predicted octanol–water partition coefficient (Wildman–Crippen LogP) is 2.73. The summed E-state index contributed by atoms with van der Waals surface area (Å²) in [5.41, 5.74) is 1.34. The lowest BCUT2D eigenvalue weighted by molar-refractivity contribution is 0.412. The van der Waals surface area contributed by atoms with Crippen LogP contribution in [0.1, 0.15) is 33.3 Å². The standard InChI is InChI=1S/C15H25FN2/c1-12(17-9-10-18-15(2,3)4)11-13-5-7-14(16)8-6-13/h5-8,12,17-18H,9-11H2,1-4H3. The lowest BCUT2D eigenvalue weighted by Crippen LogP contribution is -2.42. The first-order chi connectivity index (χ1) is 8.37. The van der Waals surface area contributed by atoms with Crippen molar-refractivity contribution in [3.05, 3.63) is 35.6 Å². The molecule has 2 nitrogen and oxygen atoms in total. The smallest absolute Gasteiger partial charge is 0.123 e. The van der Waals surface area contributed by atoms with Crippen LogP contribution in [0.2, 0.25) is 0 Å². The molecular weight excluding hydrogens is 227 g/mol. The molecule has 0 aromatic heterocycles. The zero-order valence-electron chi connectivity index (χ0n) is 11.9. The molecule has 1 aromatic carbocycles. The number of rotatable bonds is 6. The van der Waals surface area contributed by atoms with Gasteiger partial charge in [0.05, 0.1) is 0 Å². The third-order valence-electron chi connectivity index (χ3n) is 2.73. The summed E-state index contributed by atoms with van der Waals surface area (Å²) < 4.78 is 12.8. The second kappa shape index (κ2) is 6.86. The molecule has 1 aromatic rings. The number of nitrogens with one attached hydrogen (secondary N) is 2. The van der Waals surface area contributed by atoms with Crippen LogP contribution in [0.25, 0.3) is 0 Å². The fourth-order valence-corrected chi connectivity index (χ4v) is 1.80. The van der Waals surface area contributed by atoms with Gasteiger partial charge >= 0.3 is 0 Å². The first-order valence-electron chi connectivity index (χ1n) is 6.60. The van der Waals surface area contributed by atoms with Gasteiger partial charge in [-0.25, -0.2) is 4.39 Å². The van der Waals surface area contributed by atoms with Crippen molar-refractivity contribution in [3.63, 3.8) is 0 Å². The van der Waals surface area contributed by atoms with Crippen LogP contribution < -0.4 is 10.6 Å². The second-order valence-electron chi connectivity index (χ2n) is 5.86. The fraction of sp³-hybridized carbons (Fsp3) is 0.600. The van der Waals surface area contributed by atoms with E-state index in [2.05, 4.69) is 38.3 Å². The fourth-order valence-electron chi connectivity index (χ4n) is 1.80. The van der Waals surface area contributed by atoms with Crippen molar-refractivity contribution in [3.8, 4) is 0 Å². The molecule has 0 fully saturated rings. The quantitative estimate of drug-likeness (QED) is 0.761. The summed E-state index contributed by atoms with van der Waals surface area (Å²) in [6, 6.07) is 7.13. The molecule has 0 aliphatic heterocycles. The average molecular weight is 252 g/mol. The van der Waals surface area contributed by atoms with E-state index in [1.54, 1.807) is 0 Å². The van der Waals surface area contributed by atoms with E-state index in [-0.39, 0.29) is 11.4 Å². The Bertz CT molecular complexity index is 341. The highest BCUT2D eigenvalue weighted by Crippen LogP contribution is 2.05. The summed E-state index contributed by atoms with van der Waals surface area (Å²) in [5.74, 6) is -0.172. The number of benzene rings is 1. The molecule has 102 valence electrons. The molecule has 0 aliphatic rings. The molecule has 0 amide bonds. The van der Waals surface area contributed by atoms with E-state index >= 15 is 0 Å². The maximum absolute atomic E-state index is 12.8. The molecule has 1 rings (SSSR count). The van der Waals surface area contributed by atoms with Gasteiger partial charge in [0, 0.05) is 24.7 Å². The summed E-state index contributed by atoms with van der Waals surface area (Å²) in [6.07, 6.45) is 0.926. The summed E-state index contributed by atoms with van der Waals surface area (Å²) >= 11 is 0. The predicted molar refractivity (Wildman–Crippen MR) is 75.3 cm³/mol. The molecular formula is C15H25FN2. The van der Waals surface area contributed by atoms with Crippen LogP contribution in [0.5, 0.6) is 0 Å². The molecule has 0 heterocycles. The third-order valence-corrected chi connectivity index (χ3v) is 2.73. The molecule has 0 spiro atoms. The first kappa shape index (κ1) is 15.1. The van der Waals surface area contributed by atoms with Crippen molar-refractivity contribution in [2.24, 2.45) is 0 Å². The van der Waals surface area contributed by atoms with Crippen LogP contribution in [-0.2, 0) is 6.42 Å². The Balaban J connectivity index is 2.21. The van der Waals surface area contributed by atoms with Gasteiger partial charge in [0.25, 0.3) is 0 Å². The van der Waals surface area contributed by atoms with E-state index < -0.39 is 0 Å². The molecule has 0 aliphatic carbocycles. The Morgan fingerprint density at radius 2 is 1.72 bits per heavy atom. The van der Waals surface area contributed by atoms with E-state index in [9.17, 15) is 4.39 Å². The molecule has 0 saturated carbocycles. The van der Waals surface area contributed by atoms with Crippen LogP contribution in [0.4, 0.5) is 4.39 Å². The number of hydrogen-bond donors (Lipinski definition) is 2. The second-order valence-corrected chi connectivity index (χ2v) is 5.86. The summed E-state index contributed by atoms with van der Waals surface area (Å²) in [5, 5.41) is 6.90. The van der Waals surface area contributed by atoms with Gasteiger partial charge in [-0.05, 0) is 51.8 Å². The highest BCUT2D eigenvalue weighted by molar-refractivity contribution is 5.16. The van der Waals surface area contributed by atoms with Gasteiger partial charge in [0.15, 0.2) is 0 Å². The van der Waals surface area contributed by atoms with Crippen LogP contribution >= 0.6 is 0 Å². The lowest BCUT2D eigenvalue weighted by Gasteiger charge is -2.21. The van der Waals surface area contributed by atoms with E-state index in [4.69, 9.17) is 0 Å². The topological polar surface area (TPSA) is 24.1 Å². The monoisotopic (exact) mass is 252 g/mol. The van der Waals surface area contributed by atoms with Crippen molar-refractivity contribution < 1.29 is 4.39 Å². The van der Waals surface area contributed by atoms with Gasteiger partial charge in [-0.2, -0.15) is 0 Å². The Kier molecular flexibility index (Phi) is 5.76. The Labute approximate surface area is 110 Å². The molecule has 3 heteroatoms. The van der Waals surface area contributed by atoms with Gasteiger partial charge in [-0.15, -0.1) is 0 Å². The van der Waals surface area contributed by atoms with Crippen molar-refractivity contribution in [1.82, 2.24) is 10.6 Å². The van der Waals surface area contributed by atoms with Gasteiger partial charge in [-0.1, -0.05) is 12.1 Å². The van der Waals surface area contributed by atoms with E-state index in [0.29, 0.717) is 6.04 Å². The third kappa shape index (κ3) is 6.72. The Morgan fingerprint density at radius 3 is 2.28 bits per heavy atom. The van der Waals surface area contributed by atoms with Crippen molar-refractivity contribution >= 4 is 0 Å². The van der Waals surface area contributed by atoms with Gasteiger partial charge in [0.1, 0.15) is 5.82 Å². The molecule has 0 radical (unpaired) electrons. The Morgan fingerprint density at radius 1 is 1.11 bits per heavy atom. The van der Waals surface area contributed by atoms with E-state index in [1.165, 1.54) is 17.7 Å². The Hall–Kier alpha value is -0.930. The van der Waals surface area contributed by atoms with Crippen molar-refractivity contribution in [1.29, 1.82) is 0 Å². The number of halogens is 1. The van der Waals surface area contributed by atoms with Crippen LogP contribution in [-0.4, -0.2) is 24.7 Å². The minimum atomic E-state index is -0.172. The van der Waals surface area contributed by atoms with Crippen LogP contribution in [0, 0.1) is 5.82 Å². The summed E-state index contributed by atoms with van der Waals surface area (Å²) in [4.78, 5) is 0. The SMILES string of the molecule is CC(Cc1ccc(F)cc1)NCCNC(C)(C)C. The van der Waals surface area contributed by atoms with Crippen LogP contribution in [0.3, 0.4) is 0 Å². The molecule has 0 bridgehead atoms. The van der Waals surface area contributed by atoms with Crippen molar-refractivity contribution in [2.75, 3.05) is 13.1 Å². The van der Waals surface area contributed by atoms with Crippen molar-refractivity contribution in [2.45, 2.75) is 45.7 Å². The lowest BCUT2D eigenvalue weighted by atomic mass is 10.1. The van der Waals surface area contributed by atoms with E-state index in [1.807, 2.05) is 12.1 Å². The first-order valence-corrected chi connectivity index (χ1v) is 6.60. The molecule has 0 saturated heterocycles. The molecule has 18 heavy (non-hydrogen) atoms. The maximum Gasteiger partial charge on any atom is 0.123 e. The summed E-state index contributed by atoms with van der Waals surface area (Å²) in [6.45, 7) is 10.5. The zero-order valence-corrected chi connectivity index (χ0v) is 11.9. The molecule has 1 unspecified atom stereocenters. The minimum Gasteiger partial charge on any atom is -0.313 e. The maximum atomic E-state index is 12.8. The average Bonchev–Trinajstić information content (AvgIpc) is 2.26. The summed E-state index contributed by atoms with van der Waals surface area (Å²) in [7, 11) is 0. The zero-order chi connectivity index (χ0) is 13.6. The highest BCUT2D eigenvalue weighted by Gasteiger charge is 2.08. The van der Waals surface area contributed by atoms with Gasteiger partial charge in [0.2, 0.25) is 0 Å².